The Balaban J connectivity index is 1.76. The van der Waals surface area contributed by atoms with Crippen molar-refractivity contribution in [1.82, 2.24) is 0 Å². The molecule has 1 aliphatic carbocycles. The molecule has 0 amide bonds. The van der Waals surface area contributed by atoms with Gasteiger partial charge in [-0.25, -0.2) is 0 Å². The van der Waals surface area contributed by atoms with Crippen LogP contribution in [0.1, 0.15) is 55.8 Å². The molecule has 3 rings (SSSR count). The predicted molar refractivity (Wildman–Crippen MR) is 93.0 cm³/mol. The third-order valence-corrected chi connectivity index (χ3v) is 5.12. The first-order chi connectivity index (χ1) is 11.9. The molecule has 4 heteroatoms. The van der Waals surface area contributed by atoms with Crippen LogP contribution in [0.5, 0.6) is 0 Å². The average Bonchev–Trinajstić information content (AvgIpc) is 2.62. The molecule has 0 spiro atoms. The Morgan fingerprint density at radius 1 is 0.920 bits per heavy atom. The fourth-order valence-corrected chi connectivity index (χ4v) is 3.74. The lowest BCUT2D eigenvalue weighted by molar-refractivity contribution is -0.137. The van der Waals surface area contributed by atoms with E-state index in [1.807, 2.05) is 0 Å². The Hall–Kier alpha value is -1.81. The van der Waals surface area contributed by atoms with E-state index in [9.17, 15) is 18.3 Å². The highest BCUT2D eigenvalue weighted by molar-refractivity contribution is 5.68. The minimum atomic E-state index is -4.38. The van der Waals surface area contributed by atoms with Crippen LogP contribution < -0.4 is 0 Å². The molecule has 2 aromatic rings. The Labute approximate surface area is 146 Å². The van der Waals surface area contributed by atoms with E-state index in [0.717, 1.165) is 30.9 Å². The monoisotopic (exact) mass is 348 g/mol. The van der Waals surface area contributed by atoms with Gasteiger partial charge in [0.1, 0.15) is 0 Å². The van der Waals surface area contributed by atoms with Gasteiger partial charge in [0.05, 0.1) is 11.7 Å². The maximum Gasteiger partial charge on any atom is 0.417 e. The molecule has 1 aliphatic rings. The third-order valence-electron chi connectivity index (χ3n) is 5.12. The van der Waals surface area contributed by atoms with Gasteiger partial charge in [-0.05, 0) is 35.1 Å². The Morgan fingerprint density at radius 2 is 1.56 bits per heavy atom. The van der Waals surface area contributed by atoms with E-state index in [2.05, 4.69) is 0 Å². The molecule has 134 valence electrons. The topological polar surface area (TPSA) is 20.2 Å². The van der Waals surface area contributed by atoms with Crippen molar-refractivity contribution >= 4 is 0 Å². The lowest BCUT2D eigenvalue weighted by Crippen LogP contribution is -2.11. The first-order valence-electron chi connectivity index (χ1n) is 8.90. The van der Waals surface area contributed by atoms with Gasteiger partial charge in [-0.2, -0.15) is 13.2 Å². The van der Waals surface area contributed by atoms with E-state index in [1.54, 1.807) is 30.3 Å². The van der Waals surface area contributed by atoms with Gasteiger partial charge in [0.2, 0.25) is 0 Å². The van der Waals surface area contributed by atoms with Gasteiger partial charge >= 0.3 is 6.18 Å². The second-order valence-corrected chi connectivity index (χ2v) is 6.92. The molecule has 1 fully saturated rings. The van der Waals surface area contributed by atoms with Gasteiger partial charge in [0.15, 0.2) is 0 Å². The van der Waals surface area contributed by atoms with E-state index in [0.29, 0.717) is 11.5 Å². The van der Waals surface area contributed by atoms with E-state index in [4.69, 9.17) is 0 Å². The zero-order valence-corrected chi connectivity index (χ0v) is 14.1. The number of benzene rings is 2. The molecule has 0 unspecified atom stereocenters. The lowest BCUT2D eigenvalue weighted by atomic mass is 9.84. The van der Waals surface area contributed by atoms with Gasteiger partial charge in [-0.3, -0.25) is 0 Å². The van der Waals surface area contributed by atoms with Gasteiger partial charge in [-0.15, -0.1) is 0 Å². The number of alkyl halides is 3. The minimum absolute atomic E-state index is 0.170. The molecule has 0 bridgehead atoms. The number of rotatable bonds is 4. The summed E-state index contributed by atoms with van der Waals surface area (Å²) in [6.07, 6.45) is 1.86. The summed E-state index contributed by atoms with van der Waals surface area (Å²) in [5, 5.41) is 10.4. The Morgan fingerprint density at radius 3 is 2.20 bits per heavy atom. The molecule has 0 saturated heterocycles. The number of aliphatic hydroxyl groups is 1. The second kappa shape index (κ2) is 7.61. The Bertz CT molecular complexity index is 685. The molecular weight excluding hydrogens is 325 g/mol. The summed E-state index contributed by atoms with van der Waals surface area (Å²) >= 11 is 0. The zero-order valence-electron chi connectivity index (χ0n) is 14.1. The molecule has 0 radical (unpaired) electrons. The van der Waals surface area contributed by atoms with Gasteiger partial charge in [0.25, 0.3) is 0 Å². The summed E-state index contributed by atoms with van der Waals surface area (Å²) in [5.74, 6) is 0.550. The first-order valence-corrected chi connectivity index (χ1v) is 8.90. The van der Waals surface area contributed by atoms with Crippen molar-refractivity contribution in [3.63, 3.8) is 0 Å². The summed E-state index contributed by atoms with van der Waals surface area (Å²) in [6.45, 7) is 0. The standard InChI is InChI=1S/C21H23F3O/c22-21(23,24)19-9-5-4-8-18(19)16-10-12-17(13-11-16)20(25)14-15-6-2-1-3-7-15/h4-5,8-13,15,20,25H,1-3,6-7,14H2/t20-/m1/s1. The molecule has 1 saturated carbocycles. The maximum atomic E-state index is 13.2. The van der Waals surface area contributed by atoms with Crippen LogP contribution in [0, 0.1) is 5.92 Å². The molecular formula is C21H23F3O. The summed E-state index contributed by atoms with van der Waals surface area (Å²) in [6, 6.07) is 12.4. The van der Waals surface area contributed by atoms with Crippen LogP contribution >= 0.6 is 0 Å². The van der Waals surface area contributed by atoms with Crippen molar-refractivity contribution in [3.8, 4) is 11.1 Å². The molecule has 0 aromatic heterocycles. The molecule has 2 aromatic carbocycles. The van der Waals surface area contributed by atoms with Crippen LogP contribution in [0.2, 0.25) is 0 Å². The molecule has 0 heterocycles. The largest absolute Gasteiger partial charge is 0.417 e. The van der Waals surface area contributed by atoms with Crippen LogP contribution in [-0.2, 0) is 6.18 Å². The number of hydrogen-bond acceptors (Lipinski definition) is 1. The summed E-state index contributed by atoms with van der Waals surface area (Å²) < 4.78 is 39.5. The molecule has 0 aliphatic heterocycles. The number of aliphatic hydroxyl groups excluding tert-OH is 1. The minimum Gasteiger partial charge on any atom is -0.388 e. The van der Waals surface area contributed by atoms with Crippen LogP contribution in [0.4, 0.5) is 13.2 Å². The quantitative estimate of drug-likeness (QED) is 0.680. The predicted octanol–water partition coefficient (Wildman–Crippen LogP) is 6.38. The van der Waals surface area contributed by atoms with Crippen molar-refractivity contribution in [1.29, 1.82) is 0 Å². The number of hydrogen-bond donors (Lipinski definition) is 1. The highest BCUT2D eigenvalue weighted by Crippen LogP contribution is 2.37. The molecule has 1 nitrogen and oxygen atoms in total. The molecule has 1 N–H and O–H groups in total. The van der Waals surface area contributed by atoms with Crippen LogP contribution in [0.3, 0.4) is 0 Å². The smallest absolute Gasteiger partial charge is 0.388 e. The van der Waals surface area contributed by atoms with Crippen molar-refractivity contribution < 1.29 is 18.3 Å². The van der Waals surface area contributed by atoms with E-state index >= 15 is 0 Å². The van der Waals surface area contributed by atoms with Crippen LogP contribution in [-0.4, -0.2) is 5.11 Å². The van der Waals surface area contributed by atoms with Crippen molar-refractivity contribution in [3.05, 3.63) is 59.7 Å². The van der Waals surface area contributed by atoms with E-state index < -0.39 is 17.8 Å². The van der Waals surface area contributed by atoms with E-state index in [1.165, 1.54) is 31.4 Å². The van der Waals surface area contributed by atoms with Gasteiger partial charge in [0, 0.05) is 0 Å². The van der Waals surface area contributed by atoms with Crippen molar-refractivity contribution in [2.45, 2.75) is 50.8 Å². The Kier molecular flexibility index (Phi) is 5.48. The highest BCUT2D eigenvalue weighted by atomic mass is 19.4. The SMILES string of the molecule is O[C@H](CC1CCCCC1)c1ccc(-c2ccccc2C(F)(F)F)cc1. The van der Waals surface area contributed by atoms with Gasteiger partial charge in [-0.1, -0.05) is 74.6 Å². The van der Waals surface area contributed by atoms with Crippen LogP contribution in [0.15, 0.2) is 48.5 Å². The summed E-state index contributed by atoms with van der Waals surface area (Å²) in [4.78, 5) is 0. The fourth-order valence-electron chi connectivity index (χ4n) is 3.74. The zero-order chi connectivity index (χ0) is 17.9. The number of halogens is 3. The fraction of sp³-hybridized carbons (Fsp3) is 0.429. The summed E-state index contributed by atoms with van der Waals surface area (Å²) in [5.41, 5.74) is 0.828. The van der Waals surface area contributed by atoms with Crippen molar-refractivity contribution in [2.24, 2.45) is 5.92 Å². The van der Waals surface area contributed by atoms with Gasteiger partial charge < -0.3 is 5.11 Å². The average molecular weight is 348 g/mol. The lowest BCUT2D eigenvalue weighted by Gasteiger charge is -2.24. The molecule has 1 atom stereocenters. The summed E-state index contributed by atoms with van der Waals surface area (Å²) in [7, 11) is 0. The second-order valence-electron chi connectivity index (χ2n) is 6.92. The highest BCUT2D eigenvalue weighted by Gasteiger charge is 2.33. The maximum absolute atomic E-state index is 13.2. The van der Waals surface area contributed by atoms with Crippen molar-refractivity contribution in [2.75, 3.05) is 0 Å². The van der Waals surface area contributed by atoms with Crippen LogP contribution in [0.25, 0.3) is 11.1 Å². The van der Waals surface area contributed by atoms with E-state index in [-0.39, 0.29) is 5.56 Å². The first kappa shape index (κ1) is 18.0. The third kappa shape index (κ3) is 4.43. The molecule has 25 heavy (non-hydrogen) atoms. The normalized spacial score (nSPS) is 17.4.